The fraction of sp³-hybridized carbons (Fsp3) is 0.231. The SMILES string of the molecule is CCOC(=O)c1sc(CC(=O)/C(C#N)=C/c2cc(C)n(-c3ccc(I)cc3)c2C)c(C#N)c1C. The Hall–Kier alpha value is -3.21. The maximum Gasteiger partial charge on any atom is 0.348 e. The van der Waals surface area contributed by atoms with Gasteiger partial charge in [0.05, 0.1) is 17.7 Å². The van der Waals surface area contributed by atoms with E-state index < -0.39 is 11.8 Å². The molecule has 2 heterocycles. The van der Waals surface area contributed by atoms with Gasteiger partial charge in [0.1, 0.15) is 17.0 Å². The van der Waals surface area contributed by atoms with Crippen LogP contribution in [0.5, 0.6) is 0 Å². The zero-order valence-corrected chi connectivity index (χ0v) is 22.2. The van der Waals surface area contributed by atoms with E-state index in [1.54, 1.807) is 19.9 Å². The smallest absolute Gasteiger partial charge is 0.348 e. The molecule has 0 bridgehead atoms. The lowest BCUT2D eigenvalue weighted by Gasteiger charge is -2.09. The van der Waals surface area contributed by atoms with Crippen molar-refractivity contribution in [2.24, 2.45) is 0 Å². The molecule has 0 aliphatic heterocycles. The number of halogens is 1. The third-order valence-corrected chi connectivity index (χ3v) is 7.38. The molecule has 8 heteroatoms. The maximum absolute atomic E-state index is 13.0. The predicted molar refractivity (Wildman–Crippen MR) is 140 cm³/mol. The molecule has 172 valence electrons. The summed E-state index contributed by atoms with van der Waals surface area (Å²) >= 11 is 3.32. The summed E-state index contributed by atoms with van der Waals surface area (Å²) in [7, 11) is 0. The van der Waals surface area contributed by atoms with Crippen LogP contribution in [-0.4, -0.2) is 22.9 Å². The number of rotatable bonds is 7. The van der Waals surface area contributed by atoms with Crippen molar-refractivity contribution in [3.05, 3.63) is 77.3 Å². The van der Waals surface area contributed by atoms with Crippen LogP contribution < -0.4 is 0 Å². The van der Waals surface area contributed by atoms with Crippen LogP contribution in [0.2, 0.25) is 0 Å². The molecule has 0 aliphatic carbocycles. The molecule has 6 nitrogen and oxygen atoms in total. The van der Waals surface area contributed by atoms with Crippen molar-refractivity contribution in [3.8, 4) is 17.8 Å². The maximum atomic E-state index is 13.0. The Morgan fingerprint density at radius 2 is 1.85 bits per heavy atom. The van der Waals surface area contributed by atoms with E-state index in [2.05, 4.69) is 33.2 Å². The summed E-state index contributed by atoms with van der Waals surface area (Å²) in [4.78, 5) is 26.0. The highest BCUT2D eigenvalue weighted by molar-refractivity contribution is 14.1. The average Bonchev–Trinajstić information content (AvgIpc) is 3.27. The van der Waals surface area contributed by atoms with Gasteiger partial charge in [0.25, 0.3) is 0 Å². The van der Waals surface area contributed by atoms with E-state index in [-0.39, 0.29) is 24.2 Å². The minimum absolute atomic E-state index is 0.00418. The number of Topliss-reactive ketones (excluding diaryl/α,β-unsaturated/α-hetero) is 1. The number of thiophene rings is 1. The van der Waals surface area contributed by atoms with Crippen molar-refractivity contribution in [3.63, 3.8) is 0 Å². The van der Waals surface area contributed by atoms with Crippen LogP contribution in [0.4, 0.5) is 0 Å². The molecule has 2 aromatic heterocycles. The molecule has 34 heavy (non-hydrogen) atoms. The summed E-state index contributed by atoms with van der Waals surface area (Å²) in [5.74, 6) is -0.922. The Balaban J connectivity index is 1.94. The van der Waals surface area contributed by atoms with Gasteiger partial charge in [0, 0.05) is 31.9 Å². The van der Waals surface area contributed by atoms with E-state index >= 15 is 0 Å². The number of carbonyl (C=O) groups excluding carboxylic acids is 2. The van der Waals surface area contributed by atoms with E-state index in [0.717, 1.165) is 37.5 Å². The van der Waals surface area contributed by atoms with Gasteiger partial charge in [-0.2, -0.15) is 10.5 Å². The number of hydrogen-bond donors (Lipinski definition) is 0. The Morgan fingerprint density at radius 1 is 1.18 bits per heavy atom. The molecule has 0 amide bonds. The van der Waals surface area contributed by atoms with Crippen LogP contribution in [0.1, 0.15) is 49.6 Å². The van der Waals surface area contributed by atoms with E-state index in [4.69, 9.17) is 4.74 Å². The van der Waals surface area contributed by atoms with Gasteiger partial charge in [0.2, 0.25) is 0 Å². The number of nitrogens with zero attached hydrogens (tertiary/aromatic N) is 3. The van der Waals surface area contributed by atoms with Gasteiger partial charge in [-0.1, -0.05) is 0 Å². The lowest BCUT2D eigenvalue weighted by molar-refractivity contribution is -0.114. The molecule has 3 aromatic rings. The Bertz CT molecular complexity index is 1380. The van der Waals surface area contributed by atoms with Crippen LogP contribution in [0.3, 0.4) is 0 Å². The molecule has 0 fully saturated rings. The second-order valence-corrected chi connectivity index (χ2v) is 9.95. The predicted octanol–water partition coefficient (Wildman–Crippen LogP) is 5.84. The number of nitriles is 2. The average molecular weight is 583 g/mol. The van der Waals surface area contributed by atoms with Crippen molar-refractivity contribution < 1.29 is 14.3 Å². The van der Waals surface area contributed by atoms with Gasteiger partial charge in [-0.05, 0) is 97.8 Å². The minimum Gasteiger partial charge on any atom is -0.462 e. The zero-order chi connectivity index (χ0) is 25.0. The van der Waals surface area contributed by atoms with E-state index in [1.807, 2.05) is 50.2 Å². The number of allylic oxidation sites excluding steroid dienone is 1. The van der Waals surface area contributed by atoms with Crippen molar-refractivity contribution in [2.45, 2.75) is 34.1 Å². The second kappa shape index (κ2) is 10.8. The van der Waals surface area contributed by atoms with Gasteiger partial charge < -0.3 is 9.30 Å². The molecular formula is C26H22IN3O3S. The monoisotopic (exact) mass is 583 g/mol. The fourth-order valence-corrected chi connectivity index (χ4v) is 5.24. The highest BCUT2D eigenvalue weighted by atomic mass is 127. The zero-order valence-electron chi connectivity index (χ0n) is 19.2. The van der Waals surface area contributed by atoms with Crippen molar-refractivity contribution >= 4 is 51.8 Å². The Kier molecular flexibility index (Phi) is 8.08. The molecule has 3 rings (SSSR count). The minimum atomic E-state index is -0.515. The van der Waals surface area contributed by atoms with Crippen LogP contribution in [-0.2, 0) is 16.0 Å². The summed E-state index contributed by atoms with van der Waals surface area (Å²) in [6.45, 7) is 7.50. The van der Waals surface area contributed by atoms with Crippen molar-refractivity contribution in [1.82, 2.24) is 4.57 Å². The number of ether oxygens (including phenoxy) is 1. The largest absolute Gasteiger partial charge is 0.462 e. The molecule has 0 N–H and O–H groups in total. The normalized spacial score (nSPS) is 11.1. The molecule has 0 saturated carbocycles. The number of esters is 1. The summed E-state index contributed by atoms with van der Waals surface area (Å²) < 4.78 is 8.26. The molecular weight excluding hydrogens is 561 g/mol. The number of hydrogen-bond acceptors (Lipinski definition) is 6. The molecule has 0 saturated heterocycles. The number of aryl methyl sites for hydroxylation is 1. The third kappa shape index (κ3) is 5.14. The van der Waals surface area contributed by atoms with E-state index in [1.165, 1.54) is 0 Å². The lowest BCUT2D eigenvalue weighted by atomic mass is 10.0. The first-order valence-electron chi connectivity index (χ1n) is 10.5. The molecule has 0 radical (unpaired) electrons. The van der Waals surface area contributed by atoms with Crippen LogP contribution in [0, 0.1) is 47.0 Å². The highest BCUT2D eigenvalue weighted by Gasteiger charge is 2.23. The van der Waals surface area contributed by atoms with Gasteiger partial charge >= 0.3 is 5.97 Å². The Labute approximate surface area is 216 Å². The fourth-order valence-electron chi connectivity index (χ4n) is 3.73. The first-order chi connectivity index (χ1) is 16.2. The second-order valence-electron chi connectivity index (χ2n) is 7.59. The summed E-state index contributed by atoms with van der Waals surface area (Å²) in [6, 6.07) is 14.1. The Morgan fingerprint density at radius 3 is 2.44 bits per heavy atom. The molecule has 0 spiro atoms. The topological polar surface area (TPSA) is 95.9 Å². The number of benzene rings is 1. The number of ketones is 1. The lowest BCUT2D eigenvalue weighted by Crippen LogP contribution is -2.05. The van der Waals surface area contributed by atoms with E-state index in [0.29, 0.717) is 15.3 Å². The van der Waals surface area contributed by atoms with Crippen molar-refractivity contribution in [2.75, 3.05) is 6.61 Å². The van der Waals surface area contributed by atoms with Gasteiger partial charge in [0.15, 0.2) is 5.78 Å². The van der Waals surface area contributed by atoms with Crippen LogP contribution in [0.15, 0.2) is 35.9 Å². The number of carbonyl (C=O) groups is 2. The highest BCUT2D eigenvalue weighted by Crippen LogP contribution is 2.30. The van der Waals surface area contributed by atoms with Gasteiger partial charge in [-0.15, -0.1) is 11.3 Å². The first-order valence-corrected chi connectivity index (χ1v) is 12.4. The van der Waals surface area contributed by atoms with E-state index in [9.17, 15) is 20.1 Å². The summed E-state index contributed by atoms with van der Waals surface area (Å²) in [6.07, 6.45) is 1.45. The quantitative estimate of drug-likeness (QED) is 0.151. The van der Waals surface area contributed by atoms with Crippen LogP contribution >= 0.6 is 33.9 Å². The molecule has 0 atom stereocenters. The van der Waals surface area contributed by atoms with Crippen molar-refractivity contribution in [1.29, 1.82) is 10.5 Å². The third-order valence-electron chi connectivity index (χ3n) is 5.39. The summed E-state index contributed by atoms with van der Waals surface area (Å²) in [5.41, 5.74) is 4.45. The van der Waals surface area contributed by atoms with Gasteiger partial charge in [-0.3, -0.25) is 4.79 Å². The molecule has 1 aromatic carbocycles. The summed E-state index contributed by atoms with van der Waals surface area (Å²) in [5, 5.41) is 19.3. The number of aromatic nitrogens is 1. The van der Waals surface area contributed by atoms with Crippen LogP contribution in [0.25, 0.3) is 11.8 Å². The van der Waals surface area contributed by atoms with Gasteiger partial charge in [-0.25, -0.2) is 4.79 Å². The molecule has 0 aliphatic rings. The molecule has 0 unspecified atom stereocenters. The first kappa shape index (κ1) is 25.4. The standard InChI is InChI=1S/C26H22IN3O3S/c1-5-33-26(32)25-16(3)22(14-29)24(34-25)12-23(31)19(13-28)11-18-10-15(2)30(17(18)4)21-8-6-20(27)7-9-21/h6-11H,5,12H2,1-4H3/b19-11+.